The molecule has 1 fully saturated rings. The Kier molecular flexibility index (Phi) is 4.53. The van der Waals surface area contributed by atoms with E-state index in [2.05, 4.69) is 20.8 Å². The van der Waals surface area contributed by atoms with Gasteiger partial charge in [-0.25, -0.2) is 0 Å². The molecule has 0 aliphatic heterocycles. The second-order valence-corrected chi connectivity index (χ2v) is 9.35. The molecule has 2 atom stereocenters. The minimum atomic E-state index is -0.551. The number of ketones is 2. The minimum absolute atomic E-state index is 0.0264. The van der Waals surface area contributed by atoms with Crippen molar-refractivity contribution in [1.82, 2.24) is 0 Å². The molecule has 3 aliphatic carbocycles. The predicted molar refractivity (Wildman–Crippen MR) is 99.1 cm³/mol. The van der Waals surface area contributed by atoms with Gasteiger partial charge >= 0.3 is 5.97 Å². The van der Waals surface area contributed by atoms with Crippen LogP contribution in [0, 0.1) is 22.7 Å². The van der Waals surface area contributed by atoms with E-state index in [9.17, 15) is 14.4 Å². The fraction of sp³-hybridized carbons (Fsp3) is 0.682. The smallest absolute Gasteiger partial charge is 0.308 e. The van der Waals surface area contributed by atoms with Crippen molar-refractivity contribution in [3.8, 4) is 0 Å². The van der Waals surface area contributed by atoms with Crippen LogP contribution >= 0.6 is 0 Å². The molecule has 0 spiro atoms. The lowest BCUT2D eigenvalue weighted by Crippen LogP contribution is -2.49. The van der Waals surface area contributed by atoms with Gasteiger partial charge in [-0.1, -0.05) is 41.0 Å². The molecule has 4 heteroatoms. The van der Waals surface area contributed by atoms with E-state index in [0.29, 0.717) is 29.1 Å². The Morgan fingerprint density at radius 1 is 1.12 bits per heavy atom. The lowest BCUT2D eigenvalue weighted by atomic mass is 9.48. The third kappa shape index (κ3) is 2.69. The number of rotatable bonds is 2. The highest BCUT2D eigenvalue weighted by Gasteiger charge is 2.55. The molecule has 0 saturated heterocycles. The molecule has 0 heterocycles. The van der Waals surface area contributed by atoms with E-state index >= 15 is 0 Å². The maximum Gasteiger partial charge on any atom is 0.308 e. The molecule has 4 nitrogen and oxygen atoms in total. The van der Waals surface area contributed by atoms with E-state index in [0.717, 1.165) is 25.7 Å². The largest absolute Gasteiger partial charge is 0.422 e. The van der Waals surface area contributed by atoms with Gasteiger partial charge < -0.3 is 4.74 Å². The second kappa shape index (κ2) is 6.17. The van der Waals surface area contributed by atoms with Gasteiger partial charge in [0.1, 0.15) is 0 Å². The zero-order valence-corrected chi connectivity index (χ0v) is 16.8. The van der Waals surface area contributed by atoms with Gasteiger partial charge in [-0.15, -0.1) is 0 Å². The van der Waals surface area contributed by atoms with Gasteiger partial charge in [0.15, 0.2) is 11.5 Å². The molecule has 26 heavy (non-hydrogen) atoms. The molecule has 0 aromatic rings. The van der Waals surface area contributed by atoms with Gasteiger partial charge in [-0.2, -0.15) is 0 Å². The zero-order chi connectivity index (χ0) is 19.4. The lowest BCUT2D eigenvalue weighted by molar-refractivity contribution is -0.140. The summed E-state index contributed by atoms with van der Waals surface area (Å²) in [5.74, 6) is -0.703. The highest BCUT2D eigenvalue weighted by atomic mass is 16.5. The fourth-order valence-corrected chi connectivity index (χ4v) is 5.78. The molecular weight excluding hydrogens is 328 g/mol. The summed E-state index contributed by atoms with van der Waals surface area (Å²) in [5.41, 5.74) is 1.48. The van der Waals surface area contributed by atoms with Crippen molar-refractivity contribution in [2.75, 3.05) is 0 Å². The normalized spacial score (nSPS) is 31.1. The van der Waals surface area contributed by atoms with Gasteiger partial charge in [0, 0.05) is 29.1 Å². The highest BCUT2D eigenvalue weighted by molar-refractivity contribution is 6.25. The molecular formula is C22H30O4. The van der Waals surface area contributed by atoms with Crippen molar-refractivity contribution in [2.24, 2.45) is 22.7 Å². The Hall–Kier alpha value is -1.71. The number of hydrogen-bond acceptors (Lipinski definition) is 4. The first-order valence-corrected chi connectivity index (χ1v) is 9.76. The van der Waals surface area contributed by atoms with Crippen LogP contribution in [0.5, 0.6) is 0 Å². The van der Waals surface area contributed by atoms with Crippen LogP contribution in [-0.2, 0) is 19.1 Å². The topological polar surface area (TPSA) is 60.4 Å². The number of allylic oxidation sites excluding steroid dienone is 3. The van der Waals surface area contributed by atoms with Gasteiger partial charge in [0.05, 0.1) is 0 Å². The standard InChI is InChI=1S/C22H30O4/c1-12(2)16-18(24)14-8-9-15-21(4,5)10-7-11-22(15,6)17(14)19(25)20(16)26-13(3)23/h12,15H,7-11H2,1-6H3/t15-,22-/m0/s1. The van der Waals surface area contributed by atoms with Crippen LogP contribution in [0.1, 0.15) is 73.6 Å². The van der Waals surface area contributed by atoms with Gasteiger partial charge in [0.2, 0.25) is 5.78 Å². The van der Waals surface area contributed by atoms with Crippen LogP contribution in [0.25, 0.3) is 0 Å². The average molecular weight is 358 g/mol. The number of Topliss-reactive ketones (excluding diaryl/α,β-unsaturated/α-hetero) is 2. The third-order valence-corrected chi connectivity index (χ3v) is 6.81. The van der Waals surface area contributed by atoms with Crippen LogP contribution in [0.15, 0.2) is 22.5 Å². The number of ether oxygens (including phenoxy) is 1. The molecule has 0 amide bonds. The Bertz CT molecular complexity index is 750. The molecule has 0 unspecified atom stereocenters. The Balaban J connectivity index is 2.17. The average Bonchev–Trinajstić information content (AvgIpc) is 2.50. The summed E-state index contributed by atoms with van der Waals surface area (Å²) in [4.78, 5) is 38.4. The monoisotopic (exact) mass is 358 g/mol. The molecule has 142 valence electrons. The van der Waals surface area contributed by atoms with Crippen LogP contribution in [0.3, 0.4) is 0 Å². The number of fused-ring (bicyclic) bond motifs is 2. The predicted octanol–water partition coefficient (Wildman–Crippen LogP) is 4.53. The zero-order valence-electron chi connectivity index (χ0n) is 16.8. The highest BCUT2D eigenvalue weighted by Crippen LogP contribution is 2.61. The van der Waals surface area contributed by atoms with Crippen LogP contribution in [0.4, 0.5) is 0 Å². The Morgan fingerprint density at radius 2 is 1.77 bits per heavy atom. The molecule has 3 rings (SSSR count). The van der Waals surface area contributed by atoms with Crippen molar-refractivity contribution < 1.29 is 19.1 Å². The lowest BCUT2D eigenvalue weighted by Gasteiger charge is -2.55. The minimum Gasteiger partial charge on any atom is -0.422 e. The van der Waals surface area contributed by atoms with Crippen molar-refractivity contribution in [1.29, 1.82) is 0 Å². The van der Waals surface area contributed by atoms with Gasteiger partial charge in [-0.05, 0) is 42.9 Å². The van der Waals surface area contributed by atoms with Crippen molar-refractivity contribution in [3.05, 3.63) is 22.5 Å². The van der Waals surface area contributed by atoms with E-state index < -0.39 is 5.97 Å². The molecule has 0 bridgehead atoms. The van der Waals surface area contributed by atoms with E-state index in [-0.39, 0.29) is 34.1 Å². The third-order valence-electron chi connectivity index (χ3n) is 6.81. The summed E-state index contributed by atoms with van der Waals surface area (Å²) < 4.78 is 5.31. The maximum absolute atomic E-state index is 13.5. The molecule has 1 saturated carbocycles. The fourth-order valence-electron chi connectivity index (χ4n) is 5.78. The van der Waals surface area contributed by atoms with Crippen LogP contribution in [-0.4, -0.2) is 17.5 Å². The Morgan fingerprint density at radius 3 is 2.35 bits per heavy atom. The van der Waals surface area contributed by atoms with E-state index in [1.54, 1.807) is 0 Å². The van der Waals surface area contributed by atoms with Gasteiger partial charge in [-0.3, -0.25) is 14.4 Å². The second-order valence-electron chi connectivity index (χ2n) is 9.35. The Labute approximate surface area is 156 Å². The summed E-state index contributed by atoms with van der Waals surface area (Å²) >= 11 is 0. The van der Waals surface area contributed by atoms with Crippen molar-refractivity contribution in [2.45, 2.75) is 73.6 Å². The van der Waals surface area contributed by atoms with E-state index in [1.807, 2.05) is 13.8 Å². The van der Waals surface area contributed by atoms with Crippen LogP contribution < -0.4 is 0 Å². The summed E-state index contributed by atoms with van der Waals surface area (Å²) in [6, 6.07) is 0. The molecule has 0 radical (unpaired) electrons. The summed E-state index contributed by atoms with van der Waals surface area (Å²) in [6.07, 6.45) is 4.68. The number of carbonyl (C=O) groups is 3. The van der Waals surface area contributed by atoms with E-state index in [1.165, 1.54) is 6.92 Å². The van der Waals surface area contributed by atoms with E-state index in [4.69, 9.17) is 4.74 Å². The molecule has 0 aromatic heterocycles. The molecule has 0 aromatic carbocycles. The number of carbonyl (C=O) groups excluding carboxylic acids is 3. The summed E-state index contributed by atoms with van der Waals surface area (Å²) in [7, 11) is 0. The number of hydrogen-bond donors (Lipinski definition) is 0. The summed E-state index contributed by atoms with van der Waals surface area (Å²) in [5, 5.41) is 0. The molecule has 3 aliphatic rings. The number of esters is 1. The van der Waals surface area contributed by atoms with Crippen molar-refractivity contribution >= 4 is 17.5 Å². The summed E-state index contributed by atoms with van der Waals surface area (Å²) in [6.45, 7) is 11.7. The van der Waals surface area contributed by atoms with Gasteiger partial charge in [0.25, 0.3) is 0 Å². The molecule has 0 N–H and O–H groups in total. The van der Waals surface area contributed by atoms with Crippen molar-refractivity contribution in [3.63, 3.8) is 0 Å². The SMILES string of the molecule is CC(=O)OC1=C(C(C)C)C(=O)C2=C(C1=O)[C@@]1(C)CCCC(C)(C)[C@@H]1CC2. The quantitative estimate of drug-likeness (QED) is 0.537. The first-order chi connectivity index (χ1) is 12.0. The van der Waals surface area contributed by atoms with Crippen LogP contribution in [0.2, 0.25) is 0 Å². The maximum atomic E-state index is 13.5. The first kappa shape index (κ1) is 19.1. The first-order valence-electron chi connectivity index (χ1n) is 9.76.